The van der Waals surface area contributed by atoms with Gasteiger partial charge in [0.1, 0.15) is 11.5 Å². The summed E-state index contributed by atoms with van der Waals surface area (Å²) in [6, 6.07) is 11.5. The molecule has 0 aliphatic rings. The molecule has 0 unspecified atom stereocenters. The van der Waals surface area contributed by atoms with Crippen LogP contribution in [0.1, 0.15) is 18.1 Å². The van der Waals surface area contributed by atoms with Crippen molar-refractivity contribution in [2.75, 3.05) is 7.11 Å². The maximum Gasteiger partial charge on any atom is 0.416 e. The molecule has 0 aliphatic heterocycles. The Hall–Kier alpha value is -2.70. The van der Waals surface area contributed by atoms with Crippen molar-refractivity contribution in [2.24, 2.45) is 0 Å². The van der Waals surface area contributed by atoms with Crippen molar-refractivity contribution in [2.45, 2.75) is 25.7 Å². The molecule has 4 nitrogen and oxygen atoms in total. The molecule has 0 aliphatic carbocycles. The molecule has 2 aromatic rings. The lowest BCUT2D eigenvalue weighted by Crippen LogP contribution is -2.35. The molecule has 0 fully saturated rings. The van der Waals surface area contributed by atoms with E-state index in [2.05, 4.69) is 5.32 Å². The van der Waals surface area contributed by atoms with E-state index in [0.717, 1.165) is 12.1 Å². The van der Waals surface area contributed by atoms with Gasteiger partial charge in [-0.25, -0.2) is 0 Å². The average molecular weight is 353 g/mol. The first-order valence-electron chi connectivity index (χ1n) is 7.54. The Kier molecular flexibility index (Phi) is 5.90. The number of rotatable bonds is 6. The molecule has 7 heteroatoms. The highest BCUT2D eigenvalue weighted by molar-refractivity contribution is 5.80. The lowest BCUT2D eigenvalue weighted by molar-refractivity contribution is -0.137. The van der Waals surface area contributed by atoms with Crippen molar-refractivity contribution in [3.05, 3.63) is 59.7 Å². The summed E-state index contributed by atoms with van der Waals surface area (Å²) in [5.41, 5.74) is -0.387. The Bertz CT molecular complexity index is 714. The fourth-order valence-electron chi connectivity index (χ4n) is 2.10. The summed E-state index contributed by atoms with van der Waals surface area (Å²) >= 11 is 0. The Labute approximate surface area is 143 Å². The second-order valence-electron chi connectivity index (χ2n) is 5.35. The number of carbonyl (C=O) groups is 1. The quantitative estimate of drug-likeness (QED) is 0.859. The smallest absolute Gasteiger partial charge is 0.416 e. The summed E-state index contributed by atoms with van der Waals surface area (Å²) in [4.78, 5) is 12.0. The van der Waals surface area contributed by atoms with E-state index < -0.39 is 23.8 Å². The topological polar surface area (TPSA) is 47.6 Å². The van der Waals surface area contributed by atoms with Crippen molar-refractivity contribution in [3.8, 4) is 11.5 Å². The highest BCUT2D eigenvalue weighted by atomic mass is 19.4. The van der Waals surface area contributed by atoms with Crippen molar-refractivity contribution in [1.29, 1.82) is 0 Å². The van der Waals surface area contributed by atoms with Crippen LogP contribution in [0.4, 0.5) is 13.2 Å². The lowest BCUT2D eigenvalue weighted by Gasteiger charge is -2.15. The molecule has 0 spiro atoms. The Morgan fingerprint density at radius 3 is 2.36 bits per heavy atom. The minimum atomic E-state index is -4.41. The van der Waals surface area contributed by atoms with Gasteiger partial charge < -0.3 is 14.8 Å². The number of nitrogens with one attached hydrogen (secondary N) is 1. The molecular weight excluding hydrogens is 335 g/mol. The van der Waals surface area contributed by atoms with Crippen LogP contribution in [0.2, 0.25) is 0 Å². The first-order chi connectivity index (χ1) is 11.8. The summed E-state index contributed by atoms with van der Waals surface area (Å²) in [5, 5.41) is 2.56. The van der Waals surface area contributed by atoms with Crippen molar-refractivity contribution in [3.63, 3.8) is 0 Å². The maximum atomic E-state index is 12.7. The predicted molar refractivity (Wildman–Crippen MR) is 86.4 cm³/mol. The van der Waals surface area contributed by atoms with Crippen LogP contribution in [0.5, 0.6) is 11.5 Å². The van der Waals surface area contributed by atoms with Crippen LogP contribution >= 0.6 is 0 Å². The van der Waals surface area contributed by atoms with Crippen molar-refractivity contribution in [1.82, 2.24) is 5.32 Å². The highest BCUT2D eigenvalue weighted by Gasteiger charge is 2.30. The molecule has 0 saturated carbocycles. The fraction of sp³-hybridized carbons (Fsp3) is 0.278. The van der Waals surface area contributed by atoms with Gasteiger partial charge in [-0.2, -0.15) is 13.2 Å². The van der Waals surface area contributed by atoms with Crippen molar-refractivity contribution >= 4 is 5.91 Å². The van der Waals surface area contributed by atoms with Crippen molar-refractivity contribution < 1.29 is 27.4 Å². The third-order valence-electron chi connectivity index (χ3n) is 3.46. The summed E-state index contributed by atoms with van der Waals surface area (Å²) in [6.45, 7) is 1.55. The second kappa shape index (κ2) is 7.92. The number of hydrogen-bond donors (Lipinski definition) is 1. The van der Waals surface area contributed by atoms with Gasteiger partial charge in [0.25, 0.3) is 5.91 Å². The zero-order valence-electron chi connectivity index (χ0n) is 13.8. The van der Waals surface area contributed by atoms with Gasteiger partial charge in [-0.3, -0.25) is 4.79 Å². The molecule has 2 rings (SSSR count). The third-order valence-corrected chi connectivity index (χ3v) is 3.46. The Morgan fingerprint density at radius 2 is 1.76 bits per heavy atom. The van der Waals surface area contributed by atoms with Crippen LogP contribution in [-0.4, -0.2) is 19.1 Å². The monoisotopic (exact) mass is 353 g/mol. The van der Waals surface area contributed by atoms with Gasteiger partial charge in [-0.15, -0.1) is 0 Å². The number of carbonyl (C=O) groups excluding carboxylic acids is 1. The number of alkyl halides is 3. The van der Waals surface area contributed by atoms with Gasteiger partial charge in [-0.05, 0) is 48.9 Å². The van der Waals surface area contributed by atoms with E-state index in [-0.39, 0.29) is 6.54 Å². The average Bonchev–Trinajstić information content (AvgIpc) is 2.59. The van der Waals surface area contributed by atoms with E-state index in [1.165, 1.54) is 12.1 Å². The van der Waals surface area contributed by atoms with Gasteiger partial charge in [-0.1, -0.05) is 12.1 Å². The van der Waals surface area contributed by atoms with Crippen LogP contribution in [0.15, 0.2) is 48.5 Å². The highest BCUT2D eigenvalue weighted by Crippen LogP contribution is 2.29. The van der Waals surface area contributed by atoms with Crippen LogP contribution in [0.3, 0.4) is 0 Å². The zero-order chi connectivity index (χ0) is 18.4. The number of methoxy groups -OCH3 is 1. The maximum absolute atomic E-state index is 12.7. The number of hydrogen-bond acceptors (Lipinski definition) is 3. The summed E-state index contributed by atoms with van der Waals surface area (Å²) < 4.78 is 48.5. The van der Waals surface area contributed by atoms with E-state index in [1.54, 1.807) is 38.3 Å². The fourth-order valence-corrected chi connectivity index (χ4v) is 2.10. The van der Waals surface area contributed by atoms with Crippen LogP contribution in [-0.2, 0) is 17.5 Å². The van der Waals surface area contributed by atoms with E-state index in [4.69, 9.17) is 9.47 Å². The molecule has 1 N–H and O–H groups in total. The molecule has 2 aromatic carbocycles. The summed E-state index contributed by atoms with van der Waals surface area (Å²) in [7, 11) is 1.54. The van der Waals surface area contributed by atoms with Gasteiger partial charge in [0.15, 0.2) is 6.10 Å². The molecule has 1 amide bonds. The number of ether oxygens (including phenoxy) is 2. The standard InChI is InChI=1S/C18H18F3NO3/c1-12(25-16-8-6-15(24-2)7-9-16)17(23)22-11-13-4-3-5-14(10-13)18(19,20)21/h3-10,12H,11H2,1-2H3,(H,22,23)/t12-/m1/s1. The molecule has 134 valence electrons. The van der Waals surface area contributed by atoms with Crippen LogP contribution in [0.25, 0.3) is 0 Å². The lowest BCUT2D eigenvalue weighted by atomic mass is 10.1. The molecule has 0 heterocycles. The second-order valence-corrected chi connectivity index (χ2v) is 5.35. The minimum absolute atomic E-state index is 0.0148. The molecule has 25 heavy (non-hydrogen) atoms. The van der Waals surface area contributed by atoms with Gasteiger partial charge in [0.05, 0.1) is 12.7 Å². The first kappa shape index (κ1) is 18.6. The van der Waals surface area contributed by atoms with Gasteiger partial charge in [0.2, 0.25) is 0 Å². The summed E-state index contributed by atoms with van der Waals surface area (Å²) in [6.07, 6.45) is -5.20. The molecule has 0 radical (unpaired) electrons. The SMILES string of the molecule is COc1ccc(O[C@H](C)C(=O)NCc2cccc(C(F)(F)F)c2)cc1. The molecule has 1 atom stereocenters. The molecule has 0 saturated heterocycles. The minimum Gasteiger partial charge on any atom is -0.497 e. The Balaban J connectivity index is 1.90. The number of amides is 1. The van der Waals surface area contributed by atoms with Gasteiger partial charge in [0, 0.05) is 6.54 Å². The molecular formula is C18H18F3NO3. The van der Waals surface area contributed by atoms with E-state index >= 15 is 0 Å². The van der Waals surface area contributed by atoms with Gasteiger partial charge >= 0.3 is 6.18 Å². The van der Waals surface area contributed by atoms with E-state index in [9.17, 15) is 18.0 Å². The number of benzene rings is 2. The van der Waals surface area contributed by atoms with Crippen LogP contribution < -0.4 is 14.8 Å². The van der Waals surface area contributed by atoms with Crippen LogP contribution in [0, 0.1) is 0 Å². The Morgan fingerprint density at radius 1 is 1.12 bits per heavy atom. The largest absolute Gasteiger partial charge is 0.497 e. The van der Waals surface area contributed by atoms with E-state index in [0.29, 0.717) is 17.1 Å². The molecule has 0 bridgehead atoms. The number of halogens is 3. The summed E-state index contributed by atoms with van der Waals surface area (Å²) in [5.74, 6) is 0.727. The van der Waals surface area contributed by atoms with E-state index in [1.807, 2.05) is 0 Å². The molecule has 0 aromatic heterocycles. The zero-order valence-corrected chi connectivity index (χ0v) is 13.8. The predicted octanol–water partition coefficient (Wildman–Crippen LogP) is 3.80. The third kappa shape index (κ3) is 5.41. The first-order valence-corrected chi connectivity index (χ1v) is 7.54. The normalized spacial score (nSPS) is 12.4.